The van der Waals surface area contributed by atoms with Crippen LogP contribution >= 0.6 is 11.6 Å². The lowest BCUT2D eigenvalue weighted by molar-refractivity contribution is 0.289. The van der Waals surface area contributed by atoms with Crippen molar-refractivity contribution in [3.63, 3.8) is 0 Å². The van der Waals surface area contributed by atoms with Crippen molar-refractivity contribution >= 4 is 11.6 Å². The summed E-state index contributed by atoms with van der Waals surface area (Å²) in [7, 11) is 0. The Hall–Kier alpha value is -2.46. The fourth-order valence-corrected chi connectivity index (χ4v) is 2.39. The van der Waals surface area contributed by atoms with Gasteiger partial charge in [-0.1, -0.05) is 48.0 Å². The van der Waals surface area contributed by atoms with Gasteiger partial charge in [0.05, 0.1) is 12.1 Å². The number of nitrogens with one attached hydrogen (secondary N) is 1. The van der Waals surface area contributed by atoms with Gasteiger partial charge >= 0.3 is 0 Å². The summed E-state index contributed by atoms with van der Waals surface area (Å²) in [5.41, 5.74) is 1.50. The first-order valence-electron chi connectivity index (χ1n) is 6.96. The molecule has 0 aliphatic carbocycles. The Labute approximate surface area is 132 Å². The molecule has 0 amide bonds. The number of aromatic amines is 1. The smallest absolute Gasteiger partial charge is 0.274 e. The zero-order valence-corrected chi connectivity index (χ0v) is 12.6. The zero-order valence-electron chi connectivity index (χ0n) is 11.8. The van der Waals surface area contributed by atoms with Crippen LogP contribution in [-0.4, -0.2) is 16.4 Å². The van der Waals surface area contributed by atoms with E-state index in [1.807, 2.05) is 42.5 Å². The average molecular weight is 315 g/mol. The molecule has 0 fully saturated rings. The highest BCUT2D eigenvalue weighted by atomic mass is 35.5. The van der Waals surface area contributed by atoms with E-state index in [-0.39, 0.29) is 5.56 Å². The number of aromatic nitrogens is 2. The molecular weight excluding hydrogens is 300 g/mol. The minimum Gasteiger partial charge on any atom is -0.492 e. The summed E-state index contributed by atoms with van der Waals surface area (Å²) in [4.78, 5) is 12.3. The number of ether oxygens (including phenoxy) is 1. The third-order valence-electron chi connectivity index (χ3n) is 3.30. The molecule has 3 rings (SSSR count). The summed E-state index contributed by atoms with van der Waals surface area (Å²) >= 11 is 5.90. The van der Waals surface area contributed by atoms with Gasteiger partial charge in [-0.3, -0.25) is 4.79 Å². The maximum absolute atomic E-state index is 12.3. The monoisotopic (exact) mass is 314 g/mol. The van der Waals surface area contributed by atoms with Crippen molar-refractivity contribution in [2.75, 3.05) is 6.61 Å². The molecule has 0 spiro atoms. The Balaban J connectivity index is 1.67. The first-order valence-corrected chi connectivity index (χ1v) is 7.34. The third kappa shape index (κ3) is 3.23. The lowest BCUT2D eigenvalue weighted by Crippen LogP contribution is -2.21. The van der Waals surface area contributed by atoms with E-state index in [1.165, 1.54) is 4.68 Å². The van der Waals surface area contributed by atoms with Gasteiger partial charge in [-0.05, 0) is 23.8 Å². The Morgan fingerprint density at radius 1 is 1.09 bits per heavy atom. The van der Waals surface area contributed by atoms with Crippen LogP contribution in [0.5, 0.6) is 5.75 Å². The molecule has 4 nitrogen and oxygen atoms in total. The highest BCUT2D eigenvalue weighted by Crippen LogP contribution is 2.17. The van der Waals surface area contributed by atoms with Crippen molar-refractivity contribution in [1.29, 1.82) is 0 Å². The van der Waals surface area contributed by atoms with Crippen LogP contribution in [0.1, 0.15) is 0 Å². The van der Waals surface area contributed by atoms with Crippen LogP contribution < -0.4 is 10.3 Å². The van der Waals surface area contributed by atoms with E-state index in [2.05, 4.69) is 5.10 Å². The summed E-state index contributed by atoms with van der Waals surface area (Å²) < 4.78 is 7.13. The van der Waals surface area contributed by atoms with Crippen LogP contribution in [0, 0.1) is 0 Å². The molecule has 1 aromatic heterocycles. The van der Waals surface area contributed by atoms with Crippen molar-refractivity contribution in [2.45, 2.75) is 6.54 Å². The maximum Gasteiger partial charge on any atom is 0.274 e. The highest BCUT2D eigenvalue weighted by Gasteiger charge is 2.07. The summed E-state index contributed by atoms with van der Waals surface area (Å²) in [6.07, 6.45) is 1.72. The van der Waals surface area contributed by atoms with E-state index in [0.717, 1.165) is 5.56 Å². The van der Waals surface area contributed by atoms with Gasteiger partial charge in [0.15, 0.2) is 0 Å². The molecule has 5 heteroatoms. The van der Waals surface area contributed by atoms with E-state index in [9.17, 15) is 4.79 Å². The summed E-state index contributed by atoms with van der Waals surface area (Å²) in [6.45, 7) is 0.827. The van der Waals surface area contributed by atoms with Gasteiger partial charge in [0.1, 0.15) is 12.4 Å². The highest BCUT2D eigenvalue weighted by molar-refractivity contribution is 6.30. The second-order valence-corrected chi connectivity index (χ2v) is 5.25. The number of nitrogens with zero attached hydrogens (tertiary/aromatic N) is 1. The largest absolute Gasteiger partial charge is 0.492 e. The van der Waals surface area contributed by atoms with E-state index >= 15 is 0 Å². The Morgan fingerprint density at radius 2 is 1.91 bits per heavy atom. The van der Waals surface area contributed by atoms with Gasteiger partial charge in [0.25, 0.3) is 5.56 Å². The second kappa shape index (κ2) is 6.54. The lowest BCUT2D eigenvalue weighted by Gasteiger charge is -2.06. The van der Waals surface area contributed by atoms with Crippen molar-refractivity contribution in [1.82, 2.24) is 9.78 Å². The topological polar surface area (TPSA) is 47.0 Å². The molecular formula is C17H15ClN2O2. The minimum atomic E-state index is -0.0547. The Morgan fingerprint density at radius 3 is 2.68 bits per heavy atom. The number of halogens is 1. The van der Waals surface area contributed by atoms with Gasteiger partial charge in [0.2, 0.25) is 0 Å². The van der Waals surface area contributed by atoms with E-state index < -0.39 is 0 Å². The minimum absolute atomic E-state index is 0.0547. The standard InChI is InChI=1S/C17H15ClN2O2/c18-14-7-4-8-15(11-14)22-10-9-20-17(21)16(12-19-20)13-5-2-1-3-6-13/h1-8,11-12,19H,9-10H2. The molecule has 0 aliphatic heterocycles. The van der Waals surface area contributed by atoms with Gasteiger partial charge in [0, 0.05) is 11.2 Å². The molecule has 0 unspecified atom stereocenters. The Kier molecular flexibility index (Phi) is 4.30. The van der Waals surface area contributed by atoms with Gasteiger partial charge in [-0.25, -0.2) is 4.68 Å². The predicted molar refractivity (Wildman–Crippen MR) is 87.4 cm³/mol. The second-order valence-electron chi connectivity index (χ2n) is 4.82. The SMILES string of the molecule is O=c1c(-c2ccccc2)c[nH]n1CCOc1cccc(Cl)c1. The molecule has 22 heavy (non-hydrogen) atoms. The van der Waals surface area contributed by atoms with Crippen LogP contribution in [0.3, 0.4) is 0 Å². The van der Waals surface area contributed by atoms with Crippen molar-refractivity contribution in [3.8, 4) is 16.9 Å². The molecule has 0 saturated carbocycles. The van der Waals surface area contributed by atoms with Crippen molar-refractivity contribution in [2.24, 2.45) is 0 Å². The average Bonchev–Trinajstić information content (AvgIpc) is 2.89. The number of rotatable bonds is 5. The van der Waals surface area contributed by atoms with E-state index in [0.29, 0.717) is 29.5 Å². The fraction of sp³-hybridized carbons (Fsp3) is 0.118. The number of hydrogen-bond donors (Lipinski definition) is 1. The van der Waals surface area contributed by atoms with Crippen LogP contribution in [0.4, 0.5) is 0 Å². The van der Waals surface area contributed by atoms with Gasteiger partial charge in [-0.2, -0.15) is 0 Å². The van der Waals surface area contributed by atoms with Crippen molar-refractivity contribution < 1.29 is 4.74 Å². The van der Waals surface area contributed by atoms with E-state index in [4.69, 9.17) is 16.3 Å². The normalized spacial score (nSPS) is 10.6. The fourth-order valence-electron chi connectivity index (χ4n) is 2.21. The molecule has 0 aliphatic rings. The lowest BCUT2D eigenvalue weighted by atomic mass is 10.1. The molecule has 0 radical (unpaired) electrons. The van der Waals surface area contributed by atoms with Crippen LogP contribution in [-0.2, 0) is 6.54 Å². The number of H-pyrrole nitrogens is 1. The zero-order chi connectivity index (χ0) is 15.4. The molecule has 112 valence electrons. The van der Waals surface area contributed by atoms with Crippen LogP contribution in [0.2, 0.25) is 5.02 Å². The molecule has 1 heterocycles. The van der Waals surface area contributed by atoms with Crippen LogP contribution in [0.25, 0.3) is 11.1 Å². The number of benzene rings is 2. The molecule has 1 N–H and O–H groups in total. The molecule has 2 aromatic carbocycles. The third-order valence-corrected chi connectivity index (χ3v) is 3.54. The van der Waals surface area contributed by atoms with Crippen LogP contribution in [0.15, 0.2) is 65.6 Å². The van der Waals surface area contributed by atoms with Gasteiger partial charge < -0.3 is 9.84 Å². The summed E-state index contributed by atoms with van der Waals surface area (Å²) in [5, 5.41) is 3.59. The van der Waals surface area contributed by atoms with Gasteiger partial charge in [-0.15, -0.1) is 0 Å². The molecule has 3 aromatic rings. The molecule has 0 atom stereocenters. The van der Waals surface area contributed by atoms with Crippen molar-refractivity contribution in [3.05, 3.63) is 76.2 Å². The predicted octanol–water partition coefficient (Wildman–Crippen LogP) is 3.58. The summed E-state index contributed by atoms with van der Waals surface area (Å²) in [6, 6.07) is 16.8. The molecule has 0 saturated heterocycles. The first kappa shape index (κ1) is 14.5. The molecule has 0 bridgehead atoms. The maximum atomic E-state index is 12.3. The van der Waals surface area contributed by atoms with E-state index in [1.54, 1.807) is 18.3 Å². The summed E-state index contributed by atoms with van der Waals surface area (Å²) in [5.74, 6) is 0.690. The first-order chi connectivity index (χ1) is 10.7. The quantitative estimate of drug-likeness (QED) is 0.782. The number of hydrogen-bond acceptors (Lipinski definition) is 2. The Bertz CT molecular complexity index is 809.